The van der Waals surface area contributed by atoms with Crippen LogP contribution in [-0.4, -0.2) is 19.2 Å². The second-order valence-corrected chi connectivity index (χ2v) is 5.84. The smallest absolute Gasteiger partial charge is 0.326 e. The second-order valence-electron chi connectivity index (χ2n) is 5.84. The Morgan fingerprint density at radius 2 is 1.30 bits per heavy atom. The van der Waals surface area contributed by atoms with Crippen molar-refractivity contribution in [1.29, 1.82) is 0 Å². The van der Waals surface area contributed by atoms with Crippen LogP contribution in [0.4, 0.5) is 0 Å². The van der Waals surface area contributed by atoms with Crippen LogP contribution in [0, 0.1) is 0 Å². The minimum absolute atomic E-state index is 0.573. The normalized spacial score (nSPS) is 11.6. The maximum Gasteiger partial charge on any atom is 0.326 e. The van der Waals surface area contributed by atoms with Gasteiger partial charge in [-0.25, -0.2) is 0 Å². The quantitative estimate of drug-likeness (QED) is 0.314. The van der Waals surface area contributed by atoms with Gasteiger partial charge in [-0.05, 0) is 32.4 Å². The Kier molecular flexibility index (Phi) is 10.8. The van der Waals surface area contributed by atoms with Gasteiger partial charge in [0.2, 0.25) is 0 Å². The Bertz CT molecular complexity index is 372. The van der Waals surface area contributed by atoms with E-state index >= 15 is 0 Å². The molecule has 0 aliphatic heterocycles. The van der Waals surface area contributed by atoms with E-state index in [1.54, 1.807) is 0 Å². The van der Waals surface area contributed by atoms with Crippen LogP contribution in [0.5, 0.6) is 5.75 Å². The first-order valence-electron chi connectivity index (χ1n) is 9.28. The summed E-state index contributed by atoms with van der Waals surface area (Å²) in [7, 11) is 0. The number of benzene rings is 1. The Morgan fingerprint density at radius 3 is 1.87 bits per heavy atom. The van der Waals surface area contributed by atoms with E-state index < -0.39 is 5.97 Å². The van der Waals surface area contributed by atoms with Gasteiger partial charge in [0.05, 0.1) is 13.2 Å². The van der Waals surface area contributed by atoms with E-state index in [9.17, 15) is 0 Å². The summed E-state index contributed by atoms with van der Waals surface area (Å²) in [5.41, 5.74) is 0. The summed E-state index contributed by atoms with van der Waals surface area (Å²) >= 11 is 0. The molecule has 0 amide bonds. The molecule has 3 heteroatoms. The van der Waals surface area contributed by atoms with Crippen LogP contribution in [0.15, 0.2) is 30.3 Å². The van der Waals surface area contributed by atoms with Crippen molar-refractivity contribution >= 4 is 0 Å². The van der Waals surface area contributed by atoms with E-state index in [-0.39, 0.29) is 0 Å². The van der Waals surface area contributed by atoms with E-state index in [0.29, 0.717) is 13.2 Å². The number of hydrogen-bond donors (Lipinski definition) is 0. The summed E-state index contributed by atoms with van der Waals surface area (Å²) in [6.45, 7) is 7.35. The zero-order valence-corrected chi connectivity index (χ0v) is 15.2. The monoisotopic (exact) mass is 322 g/mol. The second kappa shape index (κ2) is 12.4. The molecule has 0 fully saturated rings. The lowest BCUT2D eigenvalue weighted by atomic mass is 10.1. The predicted octanol–water partition coefficient (Wildman–Crippen LogP) is 5.93. The van der Waals surface area contributed by atoms with E-state index in [1.807, 2.05) is 44.2 Å². The molecule has 0 bridgehead atoms. The first-order chi connectivity index (χ1) is 11.3. The van der Waals surface area contributed by atoms with Crippen LogP contribution in [-0.2, 0) is 9.47 Å². The Hall–Kier alpha value is -1.06. The molecule has 1 aromatic rings. The highest BCUT2D eigenvalue weighted by Crippen LogP contribution is 2.27. The zero-order valence-electron chi connectivity index (χ0n) is 15.2. The van der Waals surface area contributed by atoms with Crippen molar-refractivity contribution < 1.29 is 14.2 Å². The van der Waals surface area contributed by atoms with Crippen LogP contribution in [0.3, 0.4) is 0 Å². The lowest BCUT2D eigenvalue weighted by Gasteiger charge is -2.33. The minimum Gasteiger partial charge on any atom is -0.439 e. The molecule has 0 aliphatic rings. The van der Waals surface area contributed by atoms with Crippen LogP contribution < -0.4 is 4.74 Å². The molecule has 0 atom stereocenters. The zero-order chi connectivity index (χ0) is 16.8. The molecule has 1 aromatic carbocycles. The molecule has 0 unspecified atom stereocenters. The van der Waals surface area contributed by atoms with Crippen LogP contribution in [0.2, 0.25) is 0 Å². The Labute approximate surface area is 142 Å². The molecule has 0 spiro atoms. The summed E-state index contributed by atoms with van der Waals surface area (Å²) in [6, 6.07) is 9.79. The van der Waals surface area contributed by atoms with Crippen molar-refractivity contribution in [3.63, 3.8) is 0 Å². The van der Waals surface area contributed by atoms with E-state index in [2.05, 4.69) is 6.92 Å². The highest BCUT2D eigenvalue weighted by atomic mass is 16.9. The van der Waals surface area contributed by atoms with Gasteiger partial charge in [0.15, 0.2) is 0 Å². The standard InChI is InChI=1S/C20H34O3/c1-4-7-8-9-10-11-15-18-20(21-5-2,22-6-3)23-19-16-13-12-14-17-19/h12-14,16-17H,4-11,15,18H2,1-3H3. The summed E-state index contributed by atoms with van der Waals surface area (Å²) in [6.07, 6.45) is 9.60. The number of ether oxygens (including phenoxy) is 3. The fourth-order valence-electron chi connectivity index (χ4n) is 2.70. The van der Waals surface area contributed by atoms with Gasteiger partial charge < -0.3 is 14.2 Å². The van der Waals surface area contributed by atoms with Gasteiger partial charge in [-0.1, -0.05) is 63.6 Å². The average molecular weight is 322 g/mol. The molecule has 0 radical (unpaired) electrons. The van der Waals surface area contributed by atoms with Crippen molar-refractivity contribution in [2.45, 2.75) is 78.1 Å². The van der Waals surface area contributed by atoms with E-state index in [4.69, 9.17) is 14.2 Å². The first-order valence-corrected chi connectivity index (χ1v) is 9.28. The summed E-state index contributed by atoms with van der Waals surface area (Å²) < 4.78 is 17.8. The third kappa shape index (κ3) is 8.38. The van der Waals surface area contributed by atoms with Gasteiger partial charge in [0.1, 0.15) is 5.75 Å². The average Bonchev–Trinajstić information content (AvgIpc) is 2.55. The van der Waals surface area contributed by atoms with Crippen molar-refractivity contribution in [3.8, 4) is 5.75 Å². The number of hydrogen-bond acceptors (Lipinski definition) is 3. The largest absolute Gasteiger partial charge is 0.439 e. The molecule has 3 nitrogen and oxygen atoms in total. The SMILES string of the molecule is CCCCCCCCCC(OCC)(OCC)Oc1ccccc1. The molecule has 0 heterocycles. The number of unbranched alkanes of at least 4 members (excludes halogenated alkanes) is 6. The molecule has 23 heavy (non-hydrogen) atoms. The highest BCUT2D eigenvalue weighted by Gasteiger charge is 2.33. The summed E-state index contributed by atoms with van der Waals surface area (Å²) in [5.74, 6) is -0.161. The topological polar surface area (TPSA) is 27.7 Å². The molecule has 1 rings (SSSR count). The van der Waals surface area contributed by atoms with Crippen molar-refractivity contribution in [1.82, 2.24) is 0 Å². The Balaban J connectivity index is 2.50. The van der Waals surface area contributed by atoms with Crippen LogP contribution >= 0.6 is 0 Å². The number of para-hydroxylation sites is 1. The fraction of sp³-hybridized carbons (Fsp3) is 0.700. The molecule has 0 saturated carbocycles. The molecular formula is C20H34O3. The summed E-state index contributed by atoms with van der Waals surface area (Å²) in [5, 5.41) is 0. The molecule has 0 aromatic heterocycles. The van der Waals surface area contributed by atoms with Gasteiger partial charge in [0.25, 0.3) is 0 Å². The molecule has 0 N–H and O–H groups in total. The lowest BCUT2D eigenvalue weighted by molar-refractivity contribution is -0.344. The van der Waals surface area contributed by atoms with Gasteiger partial charge in [-0.15, -0.1) is 0 Å². The van der Waals surface area contributed by atoms with Crippen LogP contribution in [0.1, 0.15) is 72.1 Å². The van der Waals surface area contributed by atoms with Gasteiger partial charge in [0, 0.05) is 6.42 Å². The van der Waals surface area contributed by atoms with Crippen LogP contribution in [0.25, 0.3) is 0 Å². The molecule has 132 valence electrons. The van der Waals surface area contributed by atoms with Crippen molar-refractivity contribution in [2.75, 3.05) is 13.2 Å². The molecular weight excluding hydrogens is 288 g/mol. The van der Waals surface area contributed by atoms with E-state index in [0.717, 1.165) is 18.6 Å². The van der Waals surface area contributed by atoms with E-state index in [1.165, 1.54) is 38.5 Å². The Morgan fingerprint density at radius 1 is 0.739 bits per heavy atom. The van der Waals surface area contributed by atoms with Crippen molar-refractivity contribution in [2.24, 2.45) is 0 Å². The van der Waals surface area contributed by atoms with Crippen molar-refractivity contribution in [3.05, 3.63) is 30.3 Å². The maximum absolute atomic E-state index is 6.08. The van der Waals surface area contributed by atoms with Gasteiger partial charge in [-0.3, -0.25) is 0 Å². The predicted molar refractivity (Wildman–Crippen MR) is 95.7 cm³/mol. The highest BCUT2D eigenvalue weighted by molar-refractivity contribution is 5.21. The summed E-state index contributed by atoms with van der Waals surface area (Å²) in [4.78, 5) is 0. The molecule has 0 aliphatic carbocycles. The number of rotatable bonds is 14. The first kappa shape index (κ1) is 20.0. The van der Waals surface area contributed by atoms with Gasteiger partial charge in [-0.2, -0.15) is 0 Å². The fourth-order valence-corrected chi connectivity index (χ4v) is 2.70. The minimum atomic E-state index is -0.950. The third-order valence-electron chi connectivity index (χ3n) is 3.83. The third-order valence-corrected chi connectivity index (χ3v) is 3.83. The van der Waals surface area contributed by atoms with Gasteiger partial charge >= 0.3 is 5.97 Å². The lowest BCUT2D eigenvalue weighted by Crippen LogP contribution is -2.42. The molecule has 0 saturated heterocycles. The maximum atomic E-state index is 6.08.